The van der Waals surface area contributed by atoms with Crippen molar-refractivity contribution in [2.45, 2.75) is 70.4 Å². The summed E-state index contributed by atoms with van der Waals surface area (Å²) in [6.07, 6.45) is 9.83. The lowest BCUT2D eigenvalue weighted by Gasteiger charge is -2.30. The average molecular weight is 378 g/mol. The van der Waals surface area contributed by atoms with Crippen molar-refractivity contribution < 1.29 is 9.59 Å². The summed E-state index contributed by atoms with van der Waals surface area (Å²) in [7, 11) is 1.90. The zero-order chi connectivity index (χ0) is 18.4. The van der Waals surface area contributed by atoms with E-state index in [1.165, 1.54) is 42.5 Å². The van der Waals surface area contributed by atoms with Crippen LogP contribution in [0.15, 0.2) is 11.4 Å². The normalized spacial score (nSPS) is 18.6. The number of amides is 3. The number of hydrogen-bond acceptors (Lipinski definition) is 3. The van der Waals surface area contributed by atoms with Crippen molar-refractivity contribution >= 4 is 23.3 Å². The smallest absolute Gasteiger partial charge is 0.317 e. The van der Waals surface area contributed by atoms with Crippen molar-refractivity contribution in [1.82, 2.24) is 15.1 Å². The Morgan fingerprint density at radius 3 is 2.73 bits per heavy atom. The van der Waals surface area contributed by atoms with Crippen molar-refractivity contribution in [2.75, 3.05) is 20.1 Å². The SMILES string of the molecule is CN(C(=O)NCCC(=O)N1CCc2sccc2C1)C1CCCCCCC1. The number of urea groups is 1. The highest BCUT2D eigenvalue weighted by Crippen LogP contribution is 2.24. The largest absolute Gasteiger partial charge is 0.338 e. The number of carbonyl (C=O) groups excluding carboxylic acids is 2. The molecular formula is C20H31N3O2S. The molecule has 144 valence electrons. The van der Waals surface area contributed by atoms with Gasteiger partial charge in [0.05, 0.1) is 0 Å². The van der Waals surface area contributed by atoms with E-state index in [4.69, 9.17) is 0 Å². The molecule has 1 saturated carbocycles. The summed E-state index contributed by atoms with van der Waals surface area (Å²) in [5, 5.41) is 5.04. The van der Waals surface area contributed by atoms with Gasteiger partial charge in [-0.2, -0.15) is 0 Å². The molecule has 1 aliphatic carbocycles. The van der Waals surface area contributed by atoms with Crippen LogP contribution in [-0.2, 0) is 17.8 Å². The minimum absolute atomic E-state index is 0.0397. The van der Waals surface area contributed by atoms with E-state index in [-0.39, 0.29) is 11.9 Å². The predicted molar refractivity (Wildman–Crippen MR) is 105 cm³/mol. The lowest BCUT2D eigenvalue weighted by molar-refractivity contribution is -0.131. The molecule has 2 aliphatic rings. The van der Waals surface area contributed by atoms with Crippen LogP contribution in [0.2, 0.25) is 0 Å². The summed E-state index contributed by atoms with van der Waals surface area (Å²) in [5.74, 6) is 0.135. The molecule has 0 spiro atoms. The van der Waals surface area contributed by atoms with E-state index in [2.05, 4.69) is 16.8 Å². The summed E-state index contributed by atoms with van der Waals surface area (Å²) >= 11 is 1.78. The zero-order valence-corrected chi connectivity index (χ0v) is 16.7. The molecule has 0 aromatic carbocycles. The van der Waals surface area contributed by atoms with Crippen molar-refractivity contribution in [2.24, 2.45) is 0 Å². The molecule has 26 heavy (non-hydrogen) atoms. The monoisotopic (exact) mass is 377 g/mol. The van der Waals surface area contributed by atoms with E-state index in [1.54, 1.807) is 11.3 Å². The van der Waals surface area contributed by atoms with Gasteiger partial charge in [-0.25, -0.2) is 4.79 Å². The number of fused-ring (bicyclic) bond motifs is 1. The molecule has 0 bridgehead atoms. The van der Waals surface area contributed by atoms with Crippen LogP contribution in [0.1, 0.15) is 61.8 Å². The third kappa shape index (κ3) is 5.00. The minimum atomic E-state index is -0.0397. The molecule has 1 aliphatic heterocycles. The Morgan fingerprint density at radius 2 is 1.96 bits per heavy atom. The van der Waals surface area contributed by atoms with Crippen LogP contribution in [0.3, 0.4) is 0 Å². The molecular weight excluding hydrogens is 346 g/mol. The fourth-order valence-corrected chi connectivity index (χ4v) is 4.90. The molecule has 1 aromatic rings. The highest BCUT2D eigenvalue weighted by Gasteiger charge is 2.23. The minimum Gasteiger partial charge on any atom is -0.338 e. The van der Waals surface area contributed by atoms with E-state index in [9.17, 15) is 9.59 Å². The molecule has 0 saturated heterocycles. The number of carbonyl (C=O) groups is 2. The summed E-state index contributed by atoms with van der Waals surface area (Å²) in [4.78, 5) is 30.0. The van der Waals surface area contributed by atoms with E-state index < -0.39 is 0 Å². The second kappa shape index (κ2) is 9.40. The van der Waals surface area contributed by atoms with Crippen LogP contribution in [0.4, 0.5) is 4.79 Å². The first-order chi connectivity index (χ1) is 12.6. The second-order valence-corrected chi connectivity index (χ2v) is 8.53. The maximum absolute atomic E-state index is 12.4. The van der Waals surface area contributed by atoms with Crippen molar-refractivity contribution in [3.63, 3.8) is 0 Å². The summed E-state index contributed by atoms with van der Waals surface area (Å²) in [6, 6.07) is 2.41. The molecule has 5 nitrogen and oxygen atoms in total. The van der Waals surface area contributed by atoms with Crippen LogP contribution in [0, 0.1) is 0 Å². The van der Waals surface area contributed by atoms with Gasteiger partial charge in [0.2, 0.25) is 5.91 Å². The first-order valence-corrected chi connectivity index (χ1v) is 10.9. The molecule has 3 rings (SSSR count). The van der Waals surface area contributed by atoms with Gasteiger partial charge in [0.1, 0.15) is 0 Å². The third-order valence-electron chi connectivity index (χ3n) is 5.72. The maximum Gasteiger partial charge on any atom is 0.317 e. The Labute approximate surface area is 160 Å². The van der Waals surface area contributed by atoms with Crippen molar-refractivity contribution in [3.05, 3.63) is 21.9 Å². The highest BCUT2D eigenvalue weighted by atomic mass is 32.1. The van der Waals surface area contributed by atoms with Gasteiger partial charge in [-0.15, -0.1) is 11.3 Å². The number of rotatable bonds is 4. The lowest BCUT2D eigenvalue weighted by atomic mass is 9.96. The maximum atomic E-state index is 12.4. The highest BCUT2D eigenvalue weighted by molar-refractivity contribution is 7.10. The Kier molecular flexibility index (Phi) is 6.94. The van der Waals surface area contributed by atoms with Gasteiger partial charge in [-0.1, -0.05) is 32.1 Å². The summed E-state index contributed by atoms with van der Waals surface area (Å²) in [5.41, 5.74) is 1.28. The first-order valence-electron chi connectivity index (χ1n) is 9.99. The van der Waals surface area contributed by atoms with Gasteiger partial charge in [-0.3, -0.25) is 4.79 Å². The Bertz CT molecular complexity index is 608. The molecule has 1 N–H and O–H groups in total. The first kappa shape index (κ1) is 19.2. The molecule has 0 unspecified atom stereocenters. The van der Waals surface area contributed by atoms with Crippen LogP contribution in [0.25, 0.3) is 0 Å². The van der Waals surface area contributed by atoms with Crippen molar-refractivity contribution in [1.29, 1.82) is 0 Å². The average Bonchev–Trinajstić information content (AvgIpc) is 3.08. The van der Waals surface area contributed by atoms with Gasteiger partial charge >= 0.3 is 6.03 Å². The number of nitrogens with zero attached hydrogens (tertiary/aromatic N) is 2. The van der Waals surface area contributed by atoms with E-state index in [0.29, 0.717) is 25.6 Å². The fraction of sp³-hybridized carbons (Fsp3) is 0.700. The molecule has 1 fully saturated rings. The van der Waals surface area contributed by atoms with Crippen molar-refractivity contribution in [3.8, 4) is 0 Å². The Balaban J connectivity index is 1.39. The Hall–Kier alpha value is -1.56. The van der Waals surface area contributed by atoms with Gasteiger partial charge in [0.25, 0.3) is 0 Å². The van der Waals surface area contributed by atoms with Crippen LogP contribution in [-0.4, -0.2) is 47.9 Å². The van der Waals surface area contributed by atoms with E-state index >= 15 is 0 Å². The molecule has 6 heteroatoms. The summed E-state index contributed by atoms with van der Waals surface area (Å²) < 4.78 is 0. The lowest BCUT2D eigenvalue weighted by Crippen LogP contribution is -2.45. The number of thiophene rings is 1. The van der Waals surface area contributed by atoms with Gasteiger partial charge in [0, 0.05) is 44.0 Å². The molecule has 0 radical (unpaired) electrons. The number of hydrogen-bond donors (Lipinski definition) is 1. The third-order valence-corrected chi connectivity index (χ3v) is 6.74. The number of nitrogens with one attached hydrogen (secondary N) is 1. The molecule has 1 aromatic heterocycles. The van der Waals surface area contributed by atoms with Crippen LogP contribution in [0.5, 0.6) is 0 Å². The Morgan fingerprint density at radius 1 is 1.23 bits per heavy atom. The van der Waals surface area contributed by atoms with Gasteiger partial charge in [0.15, 0.2) is 0 Å². The predicted octanol–water partition coefficient (Wildman–Crippen LogP) is 3.78. The van der Waals surface area contributed by atoms with Gasteiger partial charge < -0.3 is 15.1 Å². The van der Waals surface area contributed by atoms with E-state index in [0.717, 1.165) is 25.8 Å². The summed E-state index contributed by atoms with van der Waals surface area (Å²) in [6.45, 7) is 1.93. The quantitative estimate of drug-likeness (QED) is 0.868. The topological polar surface area (TPSA) is 52.7 Å². The standard InChI is InChI=1S/C20H31N3O2S/c1-22(17-7-5-3-2-4-6-8-17)20(25)21-12-9-19(24)23-13-10-18-16(15-23)11-14-26-18/h11,14,17H,2-10,12-13,15H2,1H3,(H,21,25). The van der Waals surface area contributed by atoms with Gasteiger partial charge in [-0.05, 0) is 36.3 Å². The van der Waals surface area contributed by atoms with Crippen LogP contribution < -0.4 is 5.32 Å². The molecule has 0 atom stereocenters. The second-order valence-electron chi connectivity index (χ2n) is 7.53. The van der Waals surface area contributed by atoms with Crippen LogP contribution >= 0.6 is 11.3 Å². The molecule has 3 amide bonds. The van der Waals surface area contributed by atoms with E-state index in [1.807, 2.05) is 16.8 Å². The molecule has 2 heterocycles. The fourth-order valence-electron chi connectivity index (χ4n) is 4.01. The zero-order valence-electron chi connectivity index (χ0n) is 15.8.